The number of nitrogens with zero attached hydrogens (tertiary/aromatic N) is 2. The van der Waals surface area contributed by atoms with Gasteiger partial charge >= 0.3 is 5.97 Å². The van der Waals surface area contributed by atoms with E-state index in [2.05, 4.69) is 20.9 Å². The number of aliphatic carboxylic acids is 1. The fraction of sp³-hybridized carbons (Fsp3) is 0.500. The van der Waals surface area contributed by atoms with Crippen LogP contribution in [0.25, 0.3) is 0 Å². The topological polar surface area (TPSA) is 55.1 Å². The minimum Gasteiger partial charge on any atom is -0.481 e. The van der Waals surface area contributed by atoms with Gasteiger partial charge in [-0.3, -0.25) is 4.79 Å². The molecule has 5 heteroatoms. The Morgan fingerprint density at radius 1 is 1.77 bits per heavy atom. The third-order valence-electron chi connectivity index (χ3n) is 2.39. The van der Waals surface area contributed by atoms with Crippen molar-refractivity contribution in [3.8, 4) is 0 Å². The van der Waals surface area contributed by atoms with Crippen molar-refractivity contribution in [2.45, 2.75) is 19.4 Å². The molecule has 1 aliphatic heterocycles. The summed E-state index contributed by atoms with van der Waals surface area (Å²) in [7, 11) is 0. The molecule has 1 aliphatic rings. The molecule has 4 nitrogen and oxygen atoms in total. The van der Waals surface area contributed by atoms with E-state index in [1.807, 2.05) is 4.57 Å². The van der Waals surface area contributed by atoms with Crippen molar-refractivity contribution in [2.75, 3.05) is 0 Å². The van der Waals surface area contributed by atoms with Crippen molar-refractivity contribution in [1.29, 1.82) is 0 Å². The predicted octanol–water partition coefficient (Wildman–Crippen LogP) is 1.29. The maximum atomic E-state index is 10.7. The van der Waals surface area contributed by atoms with Gasteiger partial charge in [-0.15, -0.1) is 0 Å². The molecule has 0 saturated carbocycles. The minimum absolute atomic E-state index is 0.256. The molecule has 70 valence electrons. The van der Waals surface area contributed by atoms with Gasteiger partial charge in [0.2, 0.25) is 0 Å². The van der Waals surface area contributed by atoms with Crippen LogP contribution in [-0.2, 0) is 17.8 Å². The van der Waals surface area contributed by atoms with E-state index in [9.17, 15) is 4.79 Å². The van der Waals surface area contributed by atoms with E-state index in [1.54, 1.807) is 6.33 Å². The minimum atomic E-state index is -0.713. The Balaban J connectivity index is 2.25. The van der Waals surface area contributed by atoms with Crippen LogP contribution in [0.5, 0.6) is 0 Å². The van der Waals surface area contributed by atoms with Gasteiger partial charge in [-0.1, -0.05) is 0 Å². The monoisotopic (exact) mass is 244 g/mol. The van der Waals surface area contributed by atoms with E-state index in [4.69, 9.17) is 5.11 Å². The summed E-state index contributed by atoms with van der Waals surface area (Å²) in [6, 6.07) is 0. The number of hydrogen-bond donors (Lipinski definition) is 1. The molecular weight excluding hydrogens is 236 g/mol. The number of carboxylic acids is 1. The average molecular weight is 245 g/mol. The number of carbonyl (C=O) groups is 1. The van der Waals surface area contributed by atoms with Crippen molar-refractivity contribution in [2.24, 2.45) is 5.92 Å². The quantitative estimate of drug-likeness (QED) is 0.811. The van der Waals surface area contributed by atoms with Crippen molar-refractivity contribution < 1.29 is 9.90 Å². The normalized spacial score (nSPS) is 21.2. The molecule has 0 aromatic carbocycles. The molecule has 0 saturated heterocycles. The molecule has 2 rings (SSSR count). The molecule has 2 heterocycles. The Kier molecular flexibility index (Phi) is 2.11. The van der Waals surface area contributed by atoms with Crippen molar-refractivity contribution in [3.63, 3.8) is 0 Å². The molecule has 0 amide bonds. The highest BCUT2D eigenvalue weighted by molar-refractivity contribution is 9.10. The second kappa shape index (κ2) is 3.14. The highest BCUT2D eigenvalue weighted by atomic mass is 79.9. The molecule has 1 unspecified atom stereocenters. The maximum Gasteiger partial charge on any atom is 0.308 e. The van der Waals surface area contributed by atoms with Gasteiger partial charge < -0.3 is 9.67 Å². The highest BCUT2D eigenvalue weighted by Crippen LogP contribution is 2.25. The molecule has 0 fully saturated rings. The van der Waals surface area contributed by atoms with Gasteiger partial charge in [-0.05, 0) is 28.8 Å². The number of carboxylic acid groups (broad SMARTS) is 1. The lowest BCUT2D eigenvalue weighted by Gasteiger charge is -2.20. The first-order valence-corrected chi connectivity index (χ1v) is 4.90. The summed E-state index contributed by atoms with van der Waals surface area (Å²) in [5, 5.41) is 8.83. The first-order valence-electron chi connectivity index (χ1n) is 4.11. The zero-order valence-corrected chi connectivity index (χ0v) is 8.49. The lowest BCUT2D eigenvalue weighted by atomic mass is 9.99. The molecule has 0 spiro atoms. The average Bonchev–Trinajstić information content (AvgIpc) is 2.47. The van der Waals surface area contributed by atoms with E-state index in [0.717, 1.165) is 16.7 Å². The molecule has 1 aromatic rings. The highest BCUT2D eigenvalue weighted by Gasteiger charge is 2.25. The predicted molar refractivity (Wildman–Crippen MR) is 49.4 cm³/mol. The summed E-state index contributed by atoms with van der Waals surface area (Å²) in [5.41, 5.74) is 1.11. The van der Waals surface area contributed by atoms with E-state index < -0.39 is 5.97 Å². The smallest absolute Gasteiger partial charge is 0.308 e. The van der Waals surface area contributed by atoms with Gasteiger partial charge in [0, 0.05) is 6.54 Å². The Labute approximate surface area is 83.7 Å². The van der Waals surface area contributed by atoms with Gasteiger partial charge in [0.25, 0.3) is 0 Å². The maximum absolute atomic E-state index is 10.7. The fourth-order valence-electron chi connectivity index (χ4n) is 1.63. The third kappa shape index (κ3) is 1.48. The molecule has 0 radical (unpaired) electrons. The summed E-state index contributed by atoms with van der Waals surface area (Å²) in [4.78, 5) is 14.8. The first kappa shape index (κ1) is 8.74. The lowest BCUT2D eigenvalue weighted by Crippen LogP contribution is -2.25. The van der Waals surface area contributed by atoms with Gasteiger partial charge in [0.15, 0.2) is 0 Å². The Morgan fingerprint density at radius 3 is 3.23 bits per heavy atom. The summed E-state index contributed by atoms with van der Waals surface area (Å²) in [6.45, 7) is 0.545. The van der Waals surface area contributed by atoms with Crippen LogP contribution >= 0.6 is 15.9 Å². The number of aromatic nitrogens is 2. The Morgan fingerprint density at radius 2 is 2.54 bits per heavy atom. The van der Waals surface area contributed by atoms with Crippen LogP contribution in [0.1, 0.15) is 12.1 Å². The number of fused-ring (bicyclic) bond motifs is 1. The molecule has 0 aliphatic carbocycles. The number of hydrogen-bond acceptors (Lipinski definition) is 2. The van der Waals surface area contributed by atoms with E-state index in [-0.39, 0.29) is 5.92 Å². The number of rotatable bonds is 1. The second-order valence-electron chi connectivity index (χ2n) is 3.21. The van der Waals surface area contributed by atoms with E-state index in [1.165, 1.54) is 0 Å². The van der Waals surface area contributed by atoms with Crippen LogP contribution in [-0.4, -0.2) is 20.6 Å². The summed E-state index contributed by atoms with van der Waals surface area (Å²) in [5.74, 6) is -0.968. The molecule has 1 aromatic heterocycles. The first-order chi connectivity index (χ1) is 6.18. The van der Waals surface area contributed by atoms with Crippen molar-refractivity contribution in [3.05, 3.63) is 16.6 Å². The zero-order valence-electron chi connectivity index (χ0n) is 6.90. The standard InChI is InChI=1S/C8H9BrN2O2/c9-7-6-2-1-5(8(12)13)3-11(6)4-10-7/h4-5H,1-3H2,(H,12,13). The zero-order chi connectivity index (χ0) is 9.42. The Bertz CT molecular complexity index is 348. The molecule has 13 heavy (non-hydrogen) atoms. The van der Waals surface area contributed by atoms with Crippen LogP contribution < -0.4 is 0 Å². The summed E-state index contributed by atoms with van der Waals surface area (Å²) in [6.07, 6.45) is 3.19. The molecular formula is C8H9BrN2O2. The Hall–Kier alpha value is -0.840. The fourth-order valence-corrected chi connectivity index (χ4v) is 2.15. The van der Waals surface area contributed by atoms with Crippen LogP contribution in [0.4, 0.5) is 0 Å². The second-order valence-corrected chi connectivity index (χ2v) is 3.96. The molecule has 1 N–H and O–H groups in total. The largest absolute Gasteiger partial charge is 0.481 e. The van der Waals surface area contributed by atoms with Crippen LogP contribution in [0, 0.1) is 5.92 Å². The van der Waals surface area contributed by atoms with Gasteiger partial charge in [0.05, 0.1) is 17.9 Å². The molecule has 0 bridgehead atoms. The lowest BCUT2D eigenvalue weighted by molar-refractivity contribution is -0.142. The number of imidazole rings is 1. The van der Waals surface area contributed by atoms with Crippen molar-refractivity contribution >= 4 is 21.9 Å². The van der Waals surface area contributed by atoms with Crippen LogP contribution in [0.3, 0.4) is 0 Å². The van der Waals surface area contributed by atoms with Crippen LogP contribution in [0.15, 0.2) is 10.9 Å². The van der Waals surface area contributed by atoms with Crippen molar-refractivity contribution in [1.82, 2.24) is 9.55 Å². The van der Waals surface area contributed by atoms with Gasteiger partial charge in [-0.25, -0.2) is 4.98 Å². The summed E-state index contributed by atoms with van der Waals surface area (Å²) < 4.78 is 2.75. The summed E-state index contributed by atoms with van der Waals surface area (Å²) >= 11 is 3.33. The molecule has 1 atom stereocenters. The van der Waals surface area contributed by atoms with E-state index >= 15 is 0 Å². The van der Waals surface area contributed by atoms with E-state index in [0.29, 0.717) is 13.0 Å². The number of halogens is 1. The van der Waals surface area contributed by atoms with Gasteiger partial charge in [-0.2, -0.15) is 0 Å². The third-order valence-corrected chi connectivity index (χ3v) is 3.05. The van der Waals surface area contributed by atoms with Crippen LogP contribution in [0.2, 0.25) is 0 Å². The SMILES string of the molecule is O=C(O)C1CCc2c(Br)ncn2C1. The van der Waals surface area contributed by atoms with Gasteiger partial charge in [0.1, 0.15) is 4.60 Å².